The van der Waals surface area contributed by atoms with Crippen LogP contribution in [0.3, 0.4) is 0 Å². The highest BCUT2D eigenvalue weighted by Crippen LogP contribution is 2.31. The van der Waals surface area contributed by atoms with Gasteiger partial charge in [0.15, 0.2) is 5.76 Å². The Morgan fingerprint density at radius 2 is 1.71 bits per heavy atom. The minimum absolute atomic E-state index is 0.0342. The number of carboxylic acid groups (broad SMARTS) is 1. The number of alkyl halides is 3. The molecule has 1 atom stereocenters. The van der Waals surface area contributed by atoms with E-state index in [2.05, 4.69) is 15.6 Å². The molecule has 9 nitrogen and oxygen atoms in total. The van der Waals surface area contributed by atoms with Gasteiger partial charge in [0.05, 0.1) is 18.2 Å². The Morgan fingerprint density at radius 3 is 2.34 bits per heavy atom. The first-order valence-electron chi connectivity index (χ1n) is 10.2. The van der Waals surface area contributed by atoms with Crippen LogP contribution in [0.5, 0.6) is 0 Å². The summed E-state index contributed by atoms with van der Waals surface area (Å²) < 4.78 is 44.1. The Bertz CT molecular complexity index is 1240. The molecule has 0 bridgehead atoms. The fraction of sp³-hybridized carbons (Fsp3) is 0.217. The van der Waals surface area contributed by atoms with E-state index >= 15 is 0 Å². The molecular formula is C23H21F3N4O5. The number of aliphatic carboxylic acids is 1. The summed E-state index contributed by atoms with van der Waals surface area (Å²) >= 11 is 0. The number of hydrogen-bond acceptors (Lipinski definition) is 5. The lowest BCUT2D eigenvalue weighted by atomic mass is 10.1. The Hall–Kier alpha value is -4.35. The molecule has 1 aromatic heterocycles. The third-order valence-electron chi connectivity index (χ3n) is 4.99. The van der Waals surface area contributed by atoms with Gasteiger partial charge in [-0.2, -0.15) is 13.2 Å². The van der Waals surface area contributed by atoms with Crippen molar-refractivity contribution in [2.24, 2.45) is 0 Å². The van der Waals surface area contributed by atoms with Gasteiger partial charge in [-0.3, -0.25) is 9.59 Å². The molecule has 184 valence electrons. The van der Waals surface area contributed by atoms with Crippen molar-refractivity contribution in [3.8, 4) is 11.3 Å². The Balaban J connectivity index is 1.69. The number of oxazole rings is 1. The molecule has 3 aromatic rings. The van der Waals surface area contributed by atoms with Gasteiger partial charge in [-0.15, -0.1) is 0 Å². The van der Waals surface area contributed by atoms with Crippen LogP contribution in [0.2, 0.25) is 0 Å². The highest BCUT2D eigenvalue weighted by molar-refractivity contribution is 6.00. The largest absolute Gasteiger partial charge is 0.481 e. The molecule has 0 spiro atoms. The van der Waals surface area contributed by atoms with Crippen LogP contribution in [0, 0.1) is 0 Å². The van der Waals surface area contributed by atoms with E-state index < -0.39 is 35.7 Å². The maximum atomic E-state index is 12.9. The van der Waals surface area contributed by atoms with Crippen LogP contribution >= 0.6 is 0 Å². The number of nitrogens with one attached hydrogen (secondary N) is 2. The van der Waals surface area contributed by atoms with Crippen molar-refractivity contribution in [2.75, 3.05) is 17.7 Å². The van der Waals surface area contributed by atoms with Gasteiger partial charge in [0.2, 0.25) is 0 Å². The van der Waals surface area contributed by atoms with E-state index in [9.17, 15) is 27.6 Å². The van der Waals surface area contributed by atoms with Crippen LogP contribution in [0.1, 0.15) is 29.6 Å². The van der Waals surface area contributed by atoms with Gasteiger partial charge < -0.3 is 25.1 Å². The number of anilines is 2. The molecule has 0 saturated heterocycles. The second kappa shape index (κ2) is 10.3. The highest BCUT2D eigenvalue weighted by atomic mass is 19.4. The number of amides is 3. The van der Waals surface area contributed by atoms with Gasteiger partial charge in [0.25, 0.3) is 5.89 Å². The molecule has 0 aliphatic heterocycles. The minimum atomic E-state index is -4.54. The Kier molecular flexibility index (Phi) is 7.43. The minimum Gasteiger partial charge on any atom is -0.481 e. The van der Waals surface area contributed by atoms with Crippen molar-refractivity contribution in [1.29, 1.82) is 0 Å². The number of hydrogen-bond donors (Lipinski definition) is 3. The van der Waals surface area contributed by atoms with Crippen molar-refractivity contribution >= 4 is 29.3 Å². The maximum absolute atomic E-state index is 12.9. The first-order valence-corrected chi connectivity index (χ1v) is 10.2. The normalized spacial score (nSPS) is 12.0. The summed E-state index contributed by atoms with van der Waals surface area (Å²) in [5.74, 6) is -1.67. The summed E-state index contributed by atoms with van der Waals surface area (Å²) in [4.78, 5) is 40.8. The third-order valence-corrected chi connectivity index (χ3v) is 4.99. The highest BCUT2D eigenvalue weighted by Gasteiger charge is 2.30. The predicted octanol–water partition coefficient (Wildman–Crippen LogP) is 4.94. The van der Waals surface area contributed by atoms with Gasteiger partial charge in [0.1, 0.15) is 0 Å². The zero-order chi connectivity index (χ0) is 25.8. The molecule has 0 aliphatic rings. The van der Waals surface area contributed by atoms with Crippen molar-refractivity contribution in [1.82, 2.24) is 9.88 Å². The van der Waals surface area contributed by atoms with Crippen molar-refractivity contribution in [3.05, 3.63) is 66.2 Å². The smallest absolute Gasteiger partial charge is 0.416 e. The molecule has 3 amide bonds. The lowest BCUT2D eigenvalue weighted by molar-refractivity contribution is -0.138. The van der Waals surface area contributed by atoms with E-state index in [0.717, 1.165) is 12.1 Å². The number of benzene rings is 2. The van der Waals surface area contributed by atoms with Crippen molar-refractivity contribution in [3.63, 3.8) is 0 Å². The molecule has 2 aromatic carbocycles. The first kappa shape index (κ1) is 25.3. The second-order valence-electron chi connectivity index (χ2n) is 7.63. The quantitative estimate of drug-likeness (QED) is 0.431. The number of carbonyl (C=O) groups excluding carboxylic acids is 2. The molecule has 0 fully saturated rings. The number of nitrogens with zero attached hydrogens (tertiary/aromatic N) is 2. The molecule has 0 saturated carbocycles. The lowest BCUT2D eigenvalue weighted by Gasteiger charge is -2.21. The van der Waals surface area contributed by atoms with E-state index in [0.29, 0.717) is 11.3 Å². The first-order chi connectivity index (χ1) is 16.4. The SMILES string of the molecule is CC(CC(=O)O)N(C)C(=O)c1ncc(-c2cccc(NC(=O)Nc3cccc(C(F)(F)F)c3)c2)o1. The fourth-order valence-electron chi connectivity index (χ4n) is 3.06. The molecule has 35 heavy (non-hydrogen) atoms. The number of carbonyl (C=O) groups is 3. The summed E-state index contributed by atoms with van der Waals surface area (Å²) in [6, 6.07) is 9.19. The van der Waals surface area contributed by atoms with E-state index in [1.54, 1.807) is 25.1 Å². The van der Waals surface area contributed by atoms with Crippen LogP contribution in [-0.4, -0.2) is 46.0 Å². The zero-order valence-electron chi connectivity index (χ0n) is 18.6. The van der Waals surface area contributed by atoms with E-state index in [1.165, 1.54) is 36.3 Å². The second-order valence-corrected chi connectivity index (χ2v) is 7.63. The summed E-state index contributed by atoms with van der Waals surface area (Å²) in [5, 5.41) is 13.8. The fourth-order valence-corrected chi connectivity index (χ4v) is 3.06. The van der Waals surface area contributed by atoms with Crippen molar-refractivity contribution in [2.45, 2.75) is 25.6 Å². The Morgan fingerprint density at radius 1 is 1.09 bits per heavy atom. The topological polar surface area (TPSA) is 125 Å². The van der Waals surface area contributed by atoms with Gasteiger partial charge in [-0.05, 0) is 37.3 Å². The average molecular weight is 490 g/mol. The summed E-state index contributed by atoms with van der Waals surface area (Å²) in [5.41, 5.74) is -0.151. The summed E-state index contributed by atoms with van der Waals surface area (Å²) in [6.45, 7) is 1.58. The predicted molar refractivity (Wildman–Crippen MR) is 120 cm³/mol. The molecule has 0 aliphatic carbocycles. The standard InChI is InChI=1S/C23H21F3N4O5/c1-13(9-19(31)32)30(2)21(33)20-27-12-18(35-20)14-5-3-7-16(10-14)28-22(34)29-17-8-4-6-15(11-17)23(24,25)26/h3-8,10-13H,9H2,1-2H3,(H,31,32)(H2,28,29,34). The van der Waals surface area contributed by atoms with Crippen LogP contribution < -0.4 is 10.6 Å². The van der Waals surface area contributed by atoms with E-state index in [1.807, 2.05) is 0 Å². The number of carboxylic acids is 1. The molecule has 12 heteroatoms. The molecule has 1 unspecified atom stereocenters. The van der Waals surface area contributed by atoms with Crippen LogP contribution in [0.15, 0.2) is 59.1 Å². The molecule has 3 N–H and O–H groups in total. The average Bonchev–Trinajstić information content (AvgIpc) is 3.27. The van der Waals surface area contributed by atoms with Crippen molar-refractivity contribution < 1.29 is 37.1 Å². The zero-order valence-corrected chi connectivity index (χ0v) is 18.6. The summed E-state index contributed by atoms with van der Waals surface area (Å²) in [7, 11) is 1.44. The van der Waals surface area contributed by atoms with Crippen LogP contribution in [0.25, 0.3) is 11.3 Å². The lowest BCUT2D eigenvalue weighted by Crippen LogP contribution is -2.36. The molecule has 1 heterocycles. The number of halogens is 3. The van der Waals surface area contributed by atoms with Crippen LogP contribution in [0.4, 0.5) is 29.3 Å². The molecular weight excluding hydrogens is 469 g/mol. The van der Waals surface area contributed by atoms with Gasteiger partial charge in [-0.25, -0.2) is 9.78 Å². The van der Waals surface area contributed by atoms with Crippen LogP contribution in [-0.2, 0) is 11.0 Å². The molecule has 3 rings (SSSR count). The Labute approximate surface area is 197 Å². The van der Waals surface area contributed by atoms with E-state index in [4.69, 9.17) is 9.52 Å². The van der Waals surface area contributed by atoms with Gasteiger partial charge >= 0.3 is 24.1 Å². The third kappa shape index (κ3) is 6.59. The number of rotatable bonds is 7. The maximum Gasteiger partial charge on any atom is 0.416 e. The number of aromatic nitrogens is 1. The van der Waals surface area contributed by atoms with Gasteiger partial charge in [0, 0.05) is 30.0 Å². The van der Waals surface area contributed by atoms with Gasteiger partial charge in [-0.1, -0.05) is 18.2 Å². The number of urea groups is 1. The monoisotopic (exact) mass is 490 g/mol. The van der Waals surface area contributed by atoms with E-state index in [-0.39, 0.29) is 23.8 Å². The molecule has 0 radical (unpaired) electrons. The summed E-state index contributed by atoms with van der Waals surface area (Å²) in [6.07, 6.45) is -3.47.